The number of carbonyl (C=O) groups is 2. The number of phenols is 1. The number of hydrogen-bond donors (Lipinski definition) is 1. The highest BCUT2D eigenvalue weighted by Gasteiger charge is 2.36. The fourth-order valence-electron chi connectivity index (χ4n) is 3.42. The molecule has 0 amide bonds. The van der Waals surface area contributed by atoms with Crippen LogP contribution in [0.4, 0.5) is 0 Å². The summed E-state index contributed by atoms with van der Waals surface area (Å²) in [5.41, 5.74) is 1.91. The quantitative estimate of drug-likeness (QED) is 0.596. The van der Waals surface area contributed by atoms with Gasteiger partial charge in [0.15, 0.2) is 0 Å². The number of cyclic esters (lactones) is 1. The van der Waals surface area contributed by atoms with Crippen molar-refractivity contribution in [2.24, 2.45) is 11.8 Å². The van der Waals surface area contributed by atoms with Gasteiger partial charge < -0.3 is 14.6 Å². The lowest BCUT2D eigenvalue weighted by atomic mass is 9.85. The molecule has 1 aliphatic heterocycles. The average Bonchev–Trinajstić information content (AvgIpc) is 2.95. The van der Waals surface area contributed by atoms with Gasteiger partial charge in [-0.15, -0.1) is 0 Å². The smallest absolute Gasteiger partial charge is 0.311 e. The van der Waals surface area contributed by atoms with Crippen molar-refractivity contribution < 1.29 is 24.2 Å². The molecule has 1 saturated heterocycles. The van der Waals surface area contributed by atoms with E-state index >= 15 is 0 Å². The van der Waals surface area contributed by atoms with Crippen LogP contribution >= 0.6 is 0 Å². The molecule has 0 aliphatic carbocycles. The lowest BCUT2D eigenvalue weighted by molar-refractivity contribution is -0.141. The summed E-state index contributed by atoms with van der Waals surface area (Å²) in [7, 11) is 0. The molecule has 1 fully saturated rings. The molecule has 142 valence electrons. The van der Waals surface area contributed by atoms with Gasteiger partial charge in [-0.1, -0.05) is 31.2 Å². The zero-order chi connectivity index (χ0) is 19.2. The van der Waals surface area contributed by atoms with Gasteiger partial charge in [-0.2, -0.15) is 0 Å². The van der Waals surface area contributed by atoms with Gasteiger partial charge in [0.2, 0.25) is 0 Å². The zero-order valence-electron chi connectivity index (χ0n) is 15.4. The molecule has 2 aromatic rings. The van der Waals surface area contributed by atoms with Crippen LogP contribution in [0.5, 0.6) is 11.5 Å². The molecule has 0 unspecified atom stereocenters. The second kappa shape index (κ2) is 8.71. The third kappa shape index (κ3) is 5.09. The van der Waals surface area contributed by atoms with Crippen molar-refractivity contribution in [3.8, 4) is 11.5 Å². The van der Waals surface area contributed by atoms with Gasteiger partial charge >= 0.3 is 11.9 Å². The average molecular weight is 368 g/mol. The minimum atomic E-state index is -0.252. The Balaban J connectivity index is 1.68. The molecule has 3 rings (SSSR count). The largest absolute Gasteiger partial charge is 0.508 e. The fourth-order valence-corrected chi connectivity index (χ4v) is 3.42. The van der Waals surface area contributed by atoms with E-state index in [1.165, 1.54) is 0 Å². The van der Waals surface area contributed by atoms with Crippen LogP contribution in [-0.2, 0) is 27.2 Å². The number of rotatable bonds is 7. The summed E-state index contributed by atoms with van der Waals surface area (Å²) in [4.78, 5) is 23.9. The van der Waals surface area contributed by atoms with Crippen LogP contribution in [0.25, 0.3) is 0 Å². The van der Waals surface area contributed by atoms with Gasteiger partial charge in [0.05, 0.1) is 12.5 Å². The van der Waals surface area contributed by atoms with Gasteiger partial charge in [0.1, 0.15) is 11.5 Å². The third-order valence-electron chi connectivity index (χ3n) is 4.76. The Morgan fingerprint density at radius 2 is 1.89 bits per heavy atom. The molecule has 5 heteroatoms. The summed E-state index contributed by atoms with van der Waals surface area (Å²) in [6.45, 7) is 2.31. The number of ether oxygens (including phenoxy) is 2. The van der Waals surface area contributed by atoms with Crippen molar-refractivity contribution in [2.75, 3.05) is 6.61 Å². The molecule has 0 radical (unpaired) electrons. The first-order chi connectivity index (χ1) is 13.0. The molecule has 1 N–H and O–H groups in total. The normalized spacial score (nSPS) is 18.9. The molecule has 0 spiro atoms. The first-order valence-electron chi connectivity index (χ1n) is 9.29. The first-order valence-corrected chi connectivity index (χ1v) is 9.29. The van der Waals surface area contributed by atoms with Gasteiger partial charge in [0, 0.05) is 12.3 Å². The Bertz CT molecular complexity index is 814. The van der Waals surface area contributed by atoms with E-state index in [1.54, 1.807) is 24.3 Å². The van der Waals surface area contributed by atoms with Crippen molar-refractivity contribution in [1.82, 2.24) is 0 Å². The standard InChI is InChI=1S/C22H24O5/c1-2-5-21(24)27-19-9-4-7-15(12-19)10-17-14-26-22(25)20(17)13-16-6-3-8-18(23)11-16/h3-4,6-9,11-12,17,20,23H,2,5,10,13-14H2,1H3/t17-,20+/m0/s1. The van der Waals surface area contributed by atoms with Crippen LogP contribution in [0.3, 0.4) is 0 Å². The lowest BCUT2D eigenvalue weighted by Crippen LogP contribution is -2.20. The van der Waals surface area contributed by atoms with Crippen molar-refractivity contribution >= 4 is 11.9 Å². The Kier molecular flexibility index (Phi) is 6.12. The molecule has 2 aromatic carbocycles. The first kappa shape index (κ1) is 19.0. The van der Waals surface area contributed by atoms with Crippen molar-refractivity contribution in [3.63, 3.8) is 0 Å². The third-order valence-corrected chi connectivity index (χ3v) is 4.76. The van der Waals surface area contributed by atoms with Gasteiger partial charge in [-0.3, -0.25) is 9.59 Å². The number of carbonyl (C=O) groups excluding carboxylic acids is 2. The van der Waals surface area contributed by atoms with E-state index in [2.05, 4.69) is 0 Å². The van der Waals surface area contributed by atoms with Crippen LogP contribution in [0.2, 0.25) is 0 Å². The summed E-state index contributed by atoms with van der Waals surface area (Å²) < 4.78 is 10.6. The highest BCUT2D eigenvalue weighted by Crippen LogP contribution is 2.30. The molecule has 0 saturated carbocycles. The van der Waals surface area contributed by atoms with E-state index in [4.69, 9.17) is 9.47 Å². The summed E-state index contributed by atoms with van der Waals surface area (Å²) in [5.74, 6) is 0.0712. The molecular formula is C22H24O5. The van der Waals surface area contributed by atoms with Gasteiger partial charge in [-0.25, -0.2) is 0 Å². The van der Waals surface area contributed by atoms with Gasteiger partial charge in [-0.05, 0) is 54.7 Å². The molecular weight excluding hydrogens is 344 g/mol. The summed E-state index contributed by atoms with van der Waals surface area (Å²) in [5, 5.41) is 9.64. The number of hydrogen-bond acceptors (Lipinski definition) is 5. The van der Waals surface area contributed by atoms with Crippen LogP contribution in [0.15, 0.2) is 48.5 Å². The van der Waals surface area contributed by atoms with Crippen LogP contribution in [0, 0.1) is 11.8 Å². The van der Waals surface area contributed by atoms with E-state index in [0.29, 0.717) is 31.6 Å². The van der Waals surface area contributed by atoms with Crippen LogP contribution in [0.1, 0.15) is 30.9 Å². The molecule has 1 aliphatic rings. The highest BCUT2D eigenvalue weighted by atomic mass is 16.5. The predicted octanol–water partition coefficient (Wildman–Crippen LogP) is 3.67. The lowest BCUT2D eigenvalue weighted by Gasteiger charge is -2.16. The molecule has 0 aromatic heterocycles. The molecule has 5 nitrogen and oxygen atoms in total. The summed E-state index contributed by atoms with van der Waals surface area (Å²) in [6.07, 6.45) is 2.33. The van der Waals surface area contributed by atoms with Gasteiger partial charge in [0.25, 0.3) is 0 Å². The molecule has 2 atom stereocenters. The van der Waals surface area contributed by atoms with E-state index in [9.17, 15) is 14.7 Å². The van der Waals surface area contributed by atoms with E-state index in [1.807, 2.05) is 31.2 Å². The molecule has 0 bridgehead atoms. The minimum Gasteiger partial charge on any atom is -0.508 e. The summed E-state index contributed by atoms with van der Waals surface area (Å²) in [6, 6.07) is 14.4. The zero-order valence-corrected chi connectivity index (χ0v) is 15.4. The van der Waals surface area contributed by atoms with E-state index in [-0.39, 0.29) is 29.5 Å². The van der Waals surface area contributed by atoms with Crippen molar-refractivity contribution in [3.05, 3.63) is 59.7 Å². The van der Waals surface area contributed by atoms with Crippen molar-refractivity contribution in [1.29, 1.82) is 0 Å². The predicted molar refractivity (Wildman–Crippen MR) is 100 cm³/mol. The Hall–Kier alpha value is -2.82. The summed E-state index contributed by atoms with van der Waals surface area (Å²) >= 11 is 0. The number of aromatic hydroxyl groups is 1. The minimum absolute atomic E-state index is 0.0430. The second-order valence-electron chi connectivity index (χ2n) is 6.95. The molecule has 27 heavy (non-hydrogen) atoms. The SMILES string of the molecule is CCCC(=O)Oc1cccc(C[C@H]2COC(=O)[C@@H]2Cc2cccc(O)c2)c1. The number of benzene rings is 2. The van der Waals surface area contributed by atoms with E-state index < -0.39 is 0 Å². The molecule has 1 heterocycles. The van der Waals surface area contributed by atoms with Crippen molar-refractivity contribution in [2.45, 2.75) is 32.6 Å². The highest BCUT2D eigenvalue weighted by molar-refractivity contribution is 5.75. The number of esters is 2. The van der Waals surface area contributed by atoms with Crippen LogP contribution < -0.4 is 4.74 Å². The van der Waals surface area contributed by atoms with Crippen LogP contribution in [-0.4, -0.2) is 23.7 Å². The maximum atomic E-state index is 12.2. The maximum Gasteiger partial charge on any atom is 0.311 e. The Morgan fingerprint density at radius 3 is 2.63 bits per heavy atom. The fraction of sp³-hybridized carbons (Fsp3) is 0.364. The van der Waals surface area contributed by atoms with E-state index in [0.717, 1.165) is 17.5 Å². The Labute approximate surface area is 158 Å². The number of phenolic OH excluding ortho intramolecular Hbond substituents is 1. The Morgan fingerprint density at radius 1 is 1.15 bits per heavy atom. The second-order valence-corrected chi connectivity index (χ2v) is 6.95. The topological polar surface area (TPSA) is 72.8 Å². The monoisotopic (exact) mass is 368 g/mol. The maximum absolute atomic E-state index is 12.2.